The minimum absolute atomic E-state index is 0.115. The molecule has 0 saturated heterocycles. The van der Waals surface area contributed by atoms with Gasteiger partial charge in [-0.15, -0.1) is 0 Å². The third-order valence-corrected chi connectivity index (χ3v) is 4.15. The van der Waals surface area contributed by atoms with E-state index < -0.39 is 9.84 Å². The van der Waals surface area contributed by atoms with Crippen molar-refractivity contribution in [3.8, 4) is 0 Å². The van der Waals surface area contributed by atoms with E-state index in [2.05, 4.69) is 4.98 Å². The topological polar surface area (TPSA) is 76.3 Å². The number of benzene rings is 1. The molecule has 108 valence electrons. The molecule has 0 spiro atoms. The SMILES string of the molecule is CN(CCS(C)(=O)=O)c1c(CN)cnc2ccccc12. The third kappa shape index (κ3) is 3.26. The summed E-state index contributed by atoms with van der Waals surface area (Å²) in [6.07, 6.45) is 3.00. The maximum atomic E-state index is 11.3. The first-order valence-electron chi connectivity index (χ1n) is 6.38. The van der Waals surface area contributed by atoms with Gasteiger partial charge in [0.15, 0.2) is 0 Å². The number of fused-ring (bicyclic) bond motifs is 1. The summed E-state index contributed by atoms with van der Waals surface area (Å²) in [5.74, 6) is 0.115. The van der Waals surface area contributed by atoms with Crippen molar-refractivity contribution in [1.29, 1.82) is 0 Å². The van der Waals surface area contributed by atoms with E-state index in [4.69, 9.17) is 5.73 Å². The van der Waals surface area contributed by atoms with Gasteiger partial charge < -0.3 is 10.6 Å². The van der Waals surface area contributed by atoms with E-state index in [0.29, 0.717) is 13.1 Å². The van der Waals surface area contributed by atoms with Crippen LogP contribution >= 0.6 is 0 Å². The van der Waals surface area contributed by atoms with Gasteiger partial charge in [-0.2, -0.15) is 0 Å². The molecule has 20 heavy (non-hydrogen) atoms. The van der Waals surface area contributed by atoms with Crippen LogP contribution in [-0.2, 0) is 16.4 Å². The van der Waals surface area contributed by atoms with Crippen molar-refractivity contribution >= 4 is 26.4 Å². The number of anilines is 1. The third-order valence-electron chi connectivity index (χ3n) is 3.22. The number of pyridine rings is 1. The molecule has 2 aromatic rings. The molecular formula is C14H19N3O2S. The van der Waals surface area contributed by atoms with Crippen LogP contribution in [0.15, 0.2) is 30.5 Å². The highest BCUT2D eigenvalue weighted by atomic mass is 32.2. The Kier molecular flexibility index (Phi) is 4.25. The molecule has 5 nitrogen and oxygen atoms in total. The predicted octanol–water partition coefficient (Wildman–Crippen LogP) is 1.17. The molecular weight excluding hydrogens is 274 g/mol. The first-order chi connectivity index (χ1) is 9.42. The first kappa shape index (κ1) is 14.7. The number of aromatic nitrogens is 1. The Hall–Kier alpha value is -1.66. The summed E-state index contributed by atoms with van der Waals surface area (Å²) in [5, 5.41) is 0.992. The fraction of sp³-hybridized carbons (Fsp3) is 0.357. The van der Waals surface area contributed by atoms with E-state index in [-0.39, 0.29) is 5.75 Å². The number of nitrogens with zero attached hydrogens (tertiary/aromatic N) is 2. The van der Waals surface area contributed by atoms with Crippen molar-refractivity contribution < 1.29 is 8.42 Å². The molecule has 1 aromatic carbocycles. The zero-order valence-electron chi connectivity index (χ0n) is 11.7. The fourth-order valence-electron chi connectivity index (χ4n) is 2.18. The normalized spacial score (nSPS) is 11.8. The van der Waals surface area contributed by atoms with Crippen molar-refractivity contribution in [3.05, 3.63) is 36.0 Å². The van der Waals surface area contributed by atoms with Gasteiger partial charge in [-0.3, -0.25) is 4.98 Å². The van der Waals surface area contributed by atoms with E-state index in [1.165, 1.54) is 6.26 Å². The molecule has 0 amide bonds. The minimum atomic E-state index is -2.99. The lowest BCUT2D eigenvalue weighted by Crippen LogP contribution is -2.26. The van der Waals surface area contributed by atoms with E-state index in [9.17, 15) is 8.42 Å². The smallest absolute Gasteiger partial charge is 0.149 e. The van der Waals surface area contributed by atoms with Crippen molar-refractivity contribution in [2.75, 3.05) is 30.5 Å². The molecule has 2 N–H and O–H groups in total. The van der Waals surface area contributed by atoms with E-state index in [0.717, 1.165) is 22.2 Å². The average molecular weight is 293 g/mol. The lowest BCUT2D eigenvalue weighted by Gasteiger charge is -2.23. The van der Waals surface area contributed by atoms with Gasteiger partial charge in [0.2, 0.25) is 0 Å². The van der Waals surface area contributed by atoms with Crippen LogP contribution in [0.1, 0.15) is 5.56 Å². The molecule has 1 heterocycles. The lowest BCUT2D eigenvalue weighted by molar-refractivity contribution is 0.601. The number of para-hydroxylation sites is 1. The Morgan fingerprint density at radius 2 is 2.00 bits per heavy atom. The highest BCUT2D eigenvalue weighted by Crippen LogP contribution is 2.28. The van der Waals surface area contributed by atoms with Gasteiger partial charge in [-0.1, -0.05) is 18.2 Å². The molecule has 0 unspecified atom stereocenters. The number of sulfone groups is 1. The molecule has 0 aliphatic heterocycles. The molecule has 0 atom stereocenters. The summed E-state index contributed by atoms with van der Waals surface area (Å²) in [6, 6.07) is 7.78. The quantitative estimate of drug-likeness (QED) is 0.895. The molecule has 1 aromatic heterocycles. The summed E-state index contributed by atoms with van der Waals surface area (Å²) in [6.45, 7) is 0.802. The van der Waals surface area contributed by atoms with Crippen LogP contribution in [-0.4, -0.2) is 39.0 Å². The molecule has 0 radical (unpaired) electrons. The predicted molar refractivity (Wildman–Crippen MR) is 82.6 cm³/mol. The largest absolute Gasteiger partial charge is 0.373 e. The standard InChI is InChI=1S/C14H19N3O2S/c1-17(7-8-20(2,18)19)14-11(9-15)10-16-13-6-4-3-5-12(13)14/h3-6,10H,7-9,15H2,1-2H3. The highest BCUT2D eigenvalue weighted by molar-refractivity contribution is 7.90. The van der Waals surface area contributed by atoms with Gasteiger partial charge >= 0.3 is 0 Å². The van der Waals surface area contributed by atoms with Crippen molar-refractivity contribution in [2.24, 2.45) is 5.73 Å². The summed E-state index contributed by atoms with van der Waals surface area (Å²) >= 11 is 0. The van der Waals surface area contributed by atoms with Crippen molar-refractivity contribution in [2.45, 2.75) is 6.54 Å². The van der Waals surface area contributed by atoms with Gasteiger partial charge in [0.1, 0.15) is 9.84 Å². The molecule has 0 fully saturated rings. The zero-order valence-corrected chi connectivity index (χ0v) is 12.5. The molecule has 2 rings (SSSR count). The second-order valence-electron chi connectivity index (χ2n) is 4.90. The Morgan fingerprint density at radius 1 is 1.30 bits per heavy atom. The van der Waals surface area contributed by atoms with Crippen LogP contribution in [0, 0.1) is 0 Å². The second-order valence-corrected chi connectivity index (χ2v) is 7.16. The maximum Gasteiger partial charge on any atom is 0.149 e. The summed E-state index contributed by atoms with van der Waals surface area (Å²) in [4.78, 5) is 6.32. The maximum absolute atomic E-state index is 11.3. The second kappa shape index (κ2) is 5.76. The van der Waals surface area contributed by atoms with E-state index in [1.54, 1.807) is 6.20 Å². The Bertz CT molecular complexity index is 713. The highest BCUT2D eigenvalue weighted by Gasteiger charge is 2.13. The average Bonchev–Trinajstić information content (AvgIpc) is 2.42. The van der Waals surface area contributed by atoms with Crippen molar-refractivity contribution in [3.63, 3.8) is 0 Å². The van der Waals surface area contributed by atoms with E-state index >= 15 is 0 Å². The number of rotatable bonds is 5. The van der Waals surface area contributed by atoms with Gasteiger partial charge in [0, 0.05) is 43.5 Å². The minimum Gasteiger partial charge on any atom is -0.373 e. The number of hydrogen-bond donors (Lipinski definition) is 1. The Labute approximate surface area is 119 Å². The molecule has 0 aliphatic rings. The summed E-state index contributed by atoms with van der Waals surface area (Å²) in [5.41, 5.74) is 8.53. The molecule has 0 aliphatic carbocycles. The van der Waals surface area contributed by atoms with Gasteiger partial charge in [0.25, 0.3) is 0 Å². The zero-order chi connectivity index (χ0) is 14.8. The van der Waals surface area contributed by atoms with Crippen LogP contribution in [0.25, 0.3) is 10.9 Å². The molecule has 0 saturated carbocycles. The van der Waals surface area contributed by atoms with Crippen LogP contribution in [0.4, 0.5) is 5.69 Å². The van der Waals surface area contributed by atoms with Gasteiger partial charge in [-0.25, -0.2) is 8.42 Å². The van der Waals surface area contributed by atoms with Crippen LogP contribution in [0.3, 0.4) is 0 Å². The monoisotopic (exact) mass is 293 g/mol. The summed E-state index contributed by atoms with van der Waals surface area (Å²) in [7, 11) is -1.11. The van der Waals surface area contributed by atoms with Crippen LogP contribution in [0.2, 0.25) is 0 Å². The van der Waals surface area contributed by atoms with Crippen molar-refractivity contribution in [1.82, 2.24) is 4.98 Å². The van der Waals surface area contributed by atoms with Crippen LogP contribution in [0.5, 0.6) is 0 Å². The lowest BCUT2D eigenvalue weighted by atomic mass is 10.1. The molecule has 6 heteroatoms. The van der Waals surface area contributed by atoms with E-state index in [1.807, 2.05) is 36.2 Å². The van der Waals surface area contributed by atoms with Gasteiger partial charge in [-0.05, 0) is 6.07 Å². The first-order valence-corrected chi connectivity index (χ1v) is 8.44. The Morgan fingerprint density at radius 3 is 2.65 bits per heavy atom. The van der Waals surface area contributed by atoms with Gasteiger partial charge in [0.05, 0.1) is 17.0 Å². The van der Waals surface area contributed by atoms with Crippen LogP contribution < -0.4 is 10.6 Å². The summed E-state index contributed by atoms with van der Waals surface area (Å²) < 4.78 is 22.6. The number of nitrogens with two attached hydrogens (primary N) is 1. The fourth-order valence-corrected chi connectivity index (χ4v) is 2.79. The number of hydrogen-bond acceptors (Lipinski definition) is 5. The molecule has 0 bridgehead atoms. The Balaban J connectivity index is 2.45.